The first kappa shape index (κ1) is 12.7. The quantitative estimate of drug-likeness (QED) is 0.384. The van der Waals surface area contributed by atoms with Gasteiger partial charge in [-0.3, -0.25) is 15.8 Å². The fourth-order valence-electron chi connectivity index (χ4n) is 1.99. The van der Waals surface area contributed by atoms with Gasteiger partial charge in [0.1, 0.15) is 0 Å². The molecule has 3 N–H and O–H groups in total. The predicted octanol–water partition coefficient (Wildman–Crippen LogP) is 3.27. The molecule has 100 valence electrons. The number of nitrogens with zero attached hydrogens (tertiary/aromatic N) is 2. The van der Waals surface area contributed by atoms with Crippen molar-refractivity contribution in [1.82, 2.24) is 15.7 Å². The average Bonchev–Trinajstić information content (AvgIpc) is 2.93. The van der Waals surface area contributed by atoms with Crippen LogP contribution in [0.3, 0.4) is 0 Å². The Labute approximate surface area is 119 Å². The molecule has 3 rings (SSSR count). The first-order valence-corrected chi connectivity index (χ1v) is 6.32. The van der Waals surface area contributed by atoms with Crippen molar-refractivity contribution >= 4 is 34.0 Å². The number of hydroxylamine groups is 1. The topological polar surface area (TPSA) is 73.3 Å². The number of aromatic nitrogens is 2. The van der Waals surface area contributed by atoms with Gasteiger partial charge in [0.15, 0.2) is 5.84 Å². The van der Waals surface area contributed by atoms with E-state index in [0.29, 0.717) is 16.5 Å². The third-order valence-corrected chi connectivity index (χ3v) is 3.12. The Morgan fingerprint density at radius 2 is 2.10 bits per heavy atom. The van der Waals surface area contributed by atoms with Crippen LogP contribution in [-0.2, 0) is 0 Å². The Morgan fingerprint density at radius 1 is 1.25 bits per heavy atom. The van der Waals surface area contributed by atoms with Gasteiger partial charge in [-0.2, -0.15) is 5.10 Å². The third-order valence-electron chi connectivity index (χ3n) is 2.89. The Hall–Kier alpha value is -2.37. The lowest BCUT2D eigenvalue weighted by Gasteiger charge is -2.06. The summed E-state index contributed by atoms with van der Waals surface area (Å²) in [6.45, 7) is 0. The molecule has 0 saturated heterocycles. The van der Waals surface area contributed by atoms with Crippen LogP contribution >= 0.6 is 11.6 Å². The molecule has 1 aromatic heterocycles. The van der Waals surface area contributed by atoms with Crippen molar-refractivity contribution < 1.29 is 5.21 Å². The Balaban J connectivity index is 2.12. The van der Waals surface area contributed by atoms with Crippen LogP contribution in [0, 0.1) is 0 Å². The lowest BCUT2D eigenvalue weighted by Crippen LogP contribution is -2.20. The summed E-state index contributed by atoms with van der Waals surface area (Å²) in [6.07, 6.45) is 1.72. The number of para-hydroxylation sites is 1. The molecule has 0 fully saturated rings. The second-order valence-electron chi connectivity index (χ2n) is 4.19. The van der Waals surface area contributed by atoms with Crippen molar-refractivity contribution in [3.05, 3.63) is 59.2 Å². The summed E-state index contributed by atoms with van der Waals surface area (Å²) >= 11 is 5.93. The molecule has 0 radical (unpaired) electrons. The van der Waals surface area contributed by atoms with Crippen molar-refractivity contribution in [2.24, 2.45) is 4.99 Å². The van der Waals surface area contributed by atoms with Crippen LogP contribution in [0.4, 0.5) is 5.69 Å². The van der Waals surface area contributed by atoms with E-state index >= 15 is 0 Å². The smallest absolute Gasteiger partial charge is 0.159 e. The third kappa shape index (κ3) is 2.36. The van der Waals surface area contributed by atoms with E-state index in [-0.39, 0.29) is 0 Å². The van der Waals surface area contributed by atoms with Crippen LogP contribution in [0.1, 0.15) is 5.56 Å². The molecule has 0 bridgehead atoms. The molecule has 5 nitrogen and oxygen atoms in total. The zero-order valence-electron chi connectivity index (χ0n) is 10.3. The number of halogens is 1. The van der Waals surface area contributed by atoms with E-state index in [9.17, 15) is 5.21 Å². The zero-order chi connectivity index (χ0) is 13.9. The van der Waals surface area contributed by atoms with Gasteiger partial charge in [0, 0.05) is 16.0 Å². The number of amidine groups is 1. The van der Waals surface area contributed by atoms with Gasteiger partial charge in [0.2, 0.25) is 0 Å². The van der Waals surface area contributed by atoms with Gasteiger partial charge in [0.25, 0.3) is 0 Å². The van der Waals surface area contributed by atoms with Crippen molar-refractivity contribution in [2.45, 2.75) is 0 Å². The summed E-state index contributed by atoms with van der Waals surface area (Å²) in [5.41, 5.74) is 4.30. The molecular weight excluding hydrogens is 276 g/mol. The van der Waals surface area contributed by atoms with E-state index in [1.807, 2.05) is 18.2 Å². The molecule has 0 amide bonds. The summed E-state index contributed by atoms with van der Waals surface area (Å²) in [4.78, 5) is 4.36. The number of benzene rings is 2. The second-order valence-corrected chi connectivity index (χ2v) is 4.63. The maximum Gasteiger partial charge on any atom is 0.159 e. The van der Waals surface area contributed by atoms with E-state index < -0.39 is 0 Å². The highest BCUT2D eigenvalue weighted by molar-refractivity contribution is 6.30. The molecule has 6 heteroatoms. The van der Waals surface area contributed by atoms with E-state index in [2.05, 4.69) is 20.7 Å². The van der Waals surface area contributed by atoms with Gasteiger partial charge < -0.3 is 0 Å². The van der Waals surface area contributed by atoms with E-state index in [1.165, 1.54) is 0 Å². The van der Waals surface area contributed by atoms with E-state index in [4.69, 9.17) is 11.6 Å². The molecular formula is C14H11ClN4O. The summed E-state index contributed by atoms with van der Waals surface area (Å²) in [6, 6.07) is 12.7. The van der Waals surface area contributed by atoms with E-state index in [0.717, 1.165) is 16.5 Å². The molecule has 20 heavy (non-hydrogen) atoms. The van der Waals surface area contributed by atoms with Gasteiger partial charge >= 0.3 is 0 Å². The maximum atomic E-state index is 9.36. The minimum atomic E-state index is 0.321. The summed E-state index contributed by atoms with van der Waals surface area (Å²) < 4.78 is 0. The molecule has 2 aromatic carbocycles. The van der Waals surface area contributed by atoms with Crippen LogP contribution in [0.15, 0.2) is 53.7 Å². The molecule has 0 atom stereocenters. The fourth-order valence-corrected chi connectivity index (χ4v) is 2.17. The Bertz CT molecular complexity index is 781. The number of nitrogens with one attached hydrogen (secondary N) is 2. The number of aliphatic imine (C=N–C) groups is 1. The molecule has 1 heterocycles. The van der Waals surface area contributed by atoms with Gasteiger partial charge in [-0.25, -0.2) is 4.99 Å². The standard InChI is InChI=1S/C14H11ClN4O/c15-10-4-2-5-11(7-10)17-14(19-20)12-6-1-3-9-8-16-18-13(9)12/h1-8,20H,(H,16,18)(H,17,19). The molecule has 0 aliphatic rings. The van der Waals surface area contributed by atoms with Crippen molar-refractivity contribution in [3.8, 4) is 0 Å². The van der Waals surface area contributed by atoms with Crippen LogP contribution in [0.25, 0.3) is 10.9 Å². The number of hydrogen-bond acceptors (Lipinski definition) is 3. The Kier molecular flexibility index (Phi) is 3.37. The van der Waals surface area contributed by atoms with Gasteiger partial charge in [-0.05, 0) is 24.3 Å². The van der Waals surface area contributed by atoms with Crippen LogP contribution in [0.2, 0.25) is 5.02 Å². The summed E-state index contributed by atoms with van der Waals surface area (Å²) in [5, 5.41) is 17.8. The van der Waals surface area contributed by atoms with Crippen LogP contribution in [0.5, 0.6) is 0 Å². The number of fused-ring (bicyclic) bond motifs is 1. The van der Waals surface area contributed by atoms with Gasteiger partial charge in [-0.1, -0.05) is 29.8 Å². The van der Waals surface area contributed by atoms with Crippen molar-refractivity contribution in [1.29, 1.82) is 0 Å². The number of H-pyrrole nitrogens is 1. The van der Waals surface area contributed by atoms with Crippen molar-refractivity contribution in [2.75, 3.05) is 0 Å². The molecule has 0 unspecified atom stereocenters. The van der Waals surface area contributed by atoms with E-state index in [1.54, 1.807) is 30.5 Å². The minimum absolute atomic E-state index is 0.321. The van der Waals surface area contributed by atoms with Gasteiger partial charge in [0.05, 0.1) is 17.4 Å². The Morgan fingerprint density at radius 3 is 2.90 bits per heavy atom. The zero-order valence-corrected chi connectivity index (χ0v) is 11.1. The highest BCUT2D eigenvalue weighted by Crippen LogP contribution is 2.21. The summed E-state index contributed by atoms with van der Waals surface area (Å²) in [7, 11) is 0. The molecule has 0 saturated carbocycles. The van der Waals surface area contributed by atoms with Gasteiger partial charge in [-0.15, -0.1) is 0 Å². The number of hydrogen-bond donors (Lipinski definition) is 3. The lowest BCUT2D eigenvalue weighted by molar-refractivity contribution is 0.235. The van der Waals surface area contributed by atoms with Crippen molar-refractivity contribution in [3.63, 3.8) is 0 Å². The lowest BCUT2D eigenvalue weighted by atomic mass is 10.1. The second kappa shape index (κ2) is 5.32. The van der Waals surface area contributed by atoms with Crippen LogP contribution in [-0.4, -0.2) is 21.2 Å². The monoisotopic (exact) mass is 286 g/mol. The summed E-state index contributed by atoms with van der Waals surface area (Å²) in [5.74, 6) is 0.321. The SMILES string of the molecule is ONC(=Nc1cccc(Cl)c1)c1cccc2cn[nH]c12. The normalized spacial score (nSPS) is 11.8. The molecule has 0 spiro atoms. The minimum Gasteiger partial charge on any atom is -0.290 e. The number of aromatic amines is 1. The molecule has 0 aliphatic heterocycles. The largest absolute Gasteiger partial charge is 0.290 e. The first-order valence-electron chi connectivity index (χ1n) is 5.95. The molecule has 0 aliphatic carbocycles. The highest BCUT2D eigenvalue weighted by atomic mass is 35.5. The number of rotatable bonds is 2. The predicted molar refractivity (Wildman–Crippen MR) is 78.7 cm³/mol. The average molecular weight is 287 g/mol. The maximum absolute atomic E-state index is 9.36. The molecule has 3 aromatic rings. The van der Waals surface area contributed by atoms with Crippen LogP contribution < -0.4 is 5.48 Å². The fraction of sp³-hybridized carbons (Fsp3) is 0. The highest BCUT2D eigenvalue weighted by Gasteiger charge is 2.09. The first-order chi connectivity index (χ1) is 9.78.